The summed E-state index contributed by atoms with van der Waals surface area (Å²) in [4.78, 5) is 41.0. The van der Waals surface area contributed by atoms with Crippen molar-refractivity contribution < 1.29 is 38.1 Å². The van der Waals surface area contributed by atoms with Gasteiger partial charge in [-0.2, -0.15) is 10.4 Å². The highest BCUT2D eigenvalue weighted by molar-refractivity contribution is 5.74. The summed E-state index contributed by atoms with van der Waals surface area (Å²) in [6, 6.07) is 5.18. The van der Waals surface area contributed by atoms with Crippen LogP contribution in [-0.2, 0) is 38.9 Å². The first-order chi connectivity index (χ1) is 16.9. The molecule has 3 aliphatic heterocycles. The maximum Gasteiger partial charge on any atom is 0.508 e. The number of nitriles is 1. The number of nitrogens with zero attached hydrogens (tertiary/aromatic N) is 4. The number of nitrogens with one attached hydrogen (secondary N) is 1. The Kier molecular flexibility index (Phi) is 5.87. The first-order valence-electron chi connectivity index (χ1n) is 11.0. The van der Waals surface area contributed by atoms with Gasteiger partial charge in [0, 0.05) is 25.9 Å². The molecule has 0 unspecified atom stereocenters. The summed E-state index contributed by atoms with van der Waals surface area (Å²) in [6.07, 6.45) is -3.67. The normalized spacial score (nSPS) is 28.9. The van der Waals surface area contributed by atoms with Gasteiger partial charge in [-0.1, -0.05) is 0 Å². The number of carbonyl (C=O) groups is 3. The molecule has 3 saturated heterocycles. The van der Waals surface area contributed by atoms with E-state index < -0.39 is 48.6 Å². The Morgan fingerprint density at radius 2 is 2.06 bits per heavy atom. The predicted octanol–water partition coefficient (Wildman–Crippen LogP) is -0.438. The number of hydrogen-bond acceptors (Lipinski definition) is 13. The fourth-order valence-corrected chi connectivity index (χ4v) is 4.26. The van der Waals surface area contributed by atoms with Gasteiger partial charge in [-0.15, -0.1) is 0 Å². The topological polar surface area (TPSA) is 189 Å². The van der Waals surface area contributed by atoms with Gasteiger partial charge in [-0.05, 0) is 18.6 Å². The Bertz CT molecular complexity index is 1210. The molecule has 0 amide bonds. The Balaban J connectivity index is 1.51. The molecular formula is C21H22N6O8. The average Bonchev–Trinajstić information content (AvgIpc) is 3.37. The quantitative estimate of drug-likeness (QED) is 0.418. The van der Waals surface area contributed by atoms with Gasteiger partial charge in [0.2, 0.25) is 5.60 Å². The van der Waals surface area contributed by atoms with Gasteiger partial charge in [-0.25, -0.2) is 14.3 Å². The van der Waals surface area contributed by atoms with Gasteiger partial charge in [-0.3, -0.25) is 9.59 Å². The molecule has 4 atom stereocenters. The lowest BCUT2D eigenvalue weighted by Crippen LogP contribution is -2.49. The number of ether oxygens (including phenoxy) is 5. The van der Waals surface area contributed by atoms with E-state index in [1.165, 1.54) is 16.9 Å². The zero-order valence-electron chi connectivity index (χ0n) is 18.4. The molecular weight excluding hydrogens is 464 g/mol. The number of esters is 2. The lowest BCUT2D eigenvalue weighted by atomic mass is 9.92. The second-order valence-corrected chi connectivity index (χ2v) is 8.34. The van der Waals surface area contributed by atoms with Crippen molar-refractivity contribution >= 4 is 29.4 Å². The summed E-state index contributed by atoms with van der Waals surface area (Å²) in [6.45, 7) is 0.600. The van der Waals surface area contributed by atoms with Gasteiger partial charge < -0.3 is 34.7 Å². The van der Waals surface area contributed by atoms with Gasteiger partial charge in [0.05, 0.1) is 5.69 Å². The Morgan fingerprint density at radius 3 is 2.77 bits per heavy atom. The number of anilines is 1. The molecule has 0 saturated carbocycles. The maximum absolute atomic E-state index is 12.5. The molecule has 14 heteroatoms. The highest BCUT2D eigenvalue weighted by Crippen LogP contribution is 2.44. The number of hydrogen-bond donors (Lipinski definition) is 2. The molecule has 3 aliphatic rings. The third-order valence-electron chi connectivity index (χ3n) is 6.09. The van der Waals surface area contributed by atoms with E-state index in [4.69, 9.17) is 29.4 Å². The highest BCUT2D eigenvalue weighted by Gasteiger charge is 2.63. The lowest BCUT2D eigenvalue weighted by molar-refractivity contribution is -0.166. The number of fused-ring (bicyclic) bond motifs is 2. The van der Waals surface area contributed by atoms with E-state index in [9.17, 15) is 19.6 Å². The zero-order chi connectivity index (χ0) is 24.6. The summed E-state index contributed by atoms with van der Waals surface area (Å²) in [5.74, 6) is -1.08. The van der Waals surface area contributed by atoms with Crippen LogP contribution in [0.2, 0.25) is 0 Å². The van der Waals surface area contributed by atoms with Crippen molar-refractivity contribution in [3.63, 3.8) is 0 Å². The predicted molar refractivity (Wildman–Crippen MR) is 112 cm³/mol. The van der Waals surface area contributed by atoms with E-state index in [0.29, 0.717) is 18.6 Å². The second-order valence-electron chi connectivity index (χ2n) is 8.34. The van der Waals surface area contributed by atoms with Gasteiger partial charge >= 0.3 is 18.1 Å². The Morgan fingerprint density at radius 1 is 1.29 bits per heavy atom. The molecule has 3 fully saturated rings. The van der Waals surface area contributed by atoms with Crippen LogP contribution in [0.15, 0.2) is 18.5 Å². The average molecular weight is 486 g/mol. The third-order valence-corrected chi connectivity index (χ3v) is 6.09. The summed E-state index contributed by atoms with van der Waals surface area (Å²) >= 11 is 0. The molecule has 0 aromatic carbocycles. The van der Waals surface area contributed by atoms with Crippen LogP contribution < -0.4 is 11.1 Å². The molecule has 0 aliphatic carbocycles. The van der Waals surface area contributed by atoms with E-state index in [1.54, 1.807) is 6.07 Å². The minimum absolute atomic E-state index is 0.0278. The summed E-state index contributed by atoms with van der Waals surface area (Å²) in [5.41, 5.74) is 4.53. The van der Waals surface area contributed by atoms with Crippen LogP contribution in [0.25, 0.3) is 5.52 Å². The van der Waals surface area contributed by atoms with Crippen LogP contribution in [0, 0.1) is 11.3 Å². The van der Waals surface area contributed by atoms with Crippen molar-refractivity contribution in [2.75, 3.05) is 25.4 Å². The van der Waals surface area contributed by atoms with Crippen molar-refractivity contribution in [2.24, 2.45) is 0 Å². The molecule has 3 N–H and O–H groups in total. The van der Waals surface area contributed by atoms with Crippen molar-refractivity contribution in [1.29, 1.82) is 5.26 Å². The molecule has 0 bridgehead atoms. The van der Waals surface area contributed by atoms with Crippen LogP contribution in [-0.4, -0.2) is 76.8 Å². The van der Waals surface area contributed by atoms with Crippen LogP contribution in [0.3, 0.4) is 0 Å². The van der Waals surface area contributed by atoms with Crippen LogP contribution >= 0.6 is 0 Å². The maximum atomic E-state index is 12.5. The van der Waals surface area contributed by atoms with Gasteiger partial charge in [0.1, 0.15) is 36.7 Å². The molecule has 0 radical (unpaired) electrons. The smallest absolute Gasteiger partial charge is 0.455 e. The largest absolute Gasteiger partial charge is 0.508 e. The first kappa shape index (κ1) is 22.8. The van der Waals surface area contributed by atoms with Crippen molar-refractivity contribution in [2.45, 2.75) is 49.3 Å². The standard InChI is InChI=1S/C21H22N6O8/c22-9-21(14-5-4-12-19(23)25-10-26-27(12)14)18-17(33-15(28)2-1-3-16(29)34-18)13(35-21)8-31-20(30)32-11-6-24-7-11/h4-5,10-11,13,17-18,24H,1-3,6-8H2,(H2,23,25,26)/t13-,17-,18-,21+/m1/s1. The highest BCUT2D eigenvalue weighted by atomic mass is 16.7. The van der Waals surface area contributed by atoms with Crippen LogP contribution in [0.4, 0.5) is 10.6 Å². The third kappa shape index (κ3) is 4.08. The van der Waals surface area contributed by atoms with E-state index in [-0.39, 0.29) is 36.9 Å². The molecule has 2 aromatic heterocycles. The van der Waals surface area contributed by atoms with Gasteiger partial charge in [0.15, 0.2) is 18.0 Å². The van der Waals surface area contributed by atoms with E-state index in [0.717, 1.165) is 0 Å². The Hall–Kier alpha value is -3.96. The number of carbonyl (C=O) groups excluding carboxylic acids is 3. The van der Waals surface area contributed by atoms with Crippen molar-refractivity contribution in [3.8, 4) is 6.07 Å². The zero-order valence-corrected chi connectivity index (χ0v) is 18.4. The van der Waals surface area contributed by atoms with Crippen molar-refractivity contribution in [1.82, 2.24) is 19.9 Å². The number of rotatable bonds is 4. The fraction of sp³-hybridized carbons (Fsp3) is 0.524. The summed E-state index contributed by atoms with van der Waals surface area (Å²) < 4.78 is 29.0. The first-order valence-corrected chi connectivity index (χ1v) is 11.0. The van der Waals surface area contributed by atoms with Gasteiger partial charge in [0.25, 0.3) is 0 Å². The molecule has 184 valence electrons. The Labute approximate surface area is 198 Å². The number of nitrogens with two attached hydrogens (primary N) is 1. The summed E-state index contributed by atoms with van der Waals surface area (Å²) in [5, 5.41) is 17.5. The molecule has 2 aromatic rings. The molecule has 35 heavy (non-hydrogen) atoms. The molecule has 0 spiro atoms. The fourth-order valence-electron chi connectivity index (χ4n) is 4.26. The molecule has 5 rings (SSSR count). The number of nitrogen functional groups attached to an aromatic ring is 1. The van der Waals surface area contributed by atoms with E-state index >= 15 is 0 Å². The summed E-state index contributed by atoms with van der Waals surface area (Å²) in [7, 11) is 0. The van der Waals surface area contributed by atoms with Crippen molar-refractivity contribution in [3.05, 3.63) is 24.2 Å². The van der Waals surface area contributed by atoms with Crippen LogP contribution in [0.1, 0.15) is 25.0 Å². The minimum Gasteiger partial charge on any atom is -0.455 e. The van der Waals surface area contributed by atoms with E-state index in [2.05, 4.69) is 21.5 Å². The monoisotopic (exact) mass is 486 g/mol. The molecule has 5 heterocycles. The van der Waals surface area contributed by atoms with E-state index in [1.807, 2.05) is 0 Å². The van der Waals surface area contributed by atoms with Crippen LogP contribution in [0.5, 0.6) is 0 Å². The second kappa shape index (κ2) is 9.01. The lowest BCUT2D eigenvalue weighted by Gasteiger charge is -2.28. The SMILES string of the molecule is N#C[C@@]1(c2ccc3c(N)ncnn23)O[C@H](COC(=O)OC2CNC2)[C@H]2OC(=O)CCCC(=O)O[C@H]21. The molecule has 14 nitrogen and oxygen atoms in total. The minimum atomic E-state index is -1.96. The number of aromatic nitrogens is 3.